The molecule has 0 N–H and O–H groups in total. The predicted octanol–water partition coefficient (Wildman–Crippen LogP) is 9.12. The van der Waals surface area contributed by atoms with Gasteiger partial charge in [-0.3, -0.25) is 4.57 Å². The van der Waals surface area contributed by atoms with Crippen molar-refractivity contribution < 1.29 is 0 Å². The number of allylic oxidation sites excluding steroid dienone is 7. The van der Waals surface area contributed by atoms with Crippen molar-refractivity contribution in [2.24, 2.45) is 11.3 Å². The Balaban J connectivity index is 1.32. The number of fused-ring (bicyclic) bond motifs is 7. The zero-order chi connectivity index (χ0) is 32.4. The van der Waals surface area contributed by atoms with Gasteiger partial charge in [0.25, 0.3) is 0 Å². The molecule has 4 nitrogen and oxygen atoms in total. The second-order valence-corrected chi connectivity index (χ2v) is 14.5. The Morgan fingerprint density at radius 1 is 0.854 bits per heavy atom. The highest BCUT2D eigenvalue weighted by molar-refractivity contribution is 7.17. The van der Waals surface area contributed by atoms with E-state index in [0.717, 1.165) is 35.6 Å². The molecule has 234 valence electrons. The van der Waals surface area contributed by atoms with Crippen molar-refractivity contribution in [1.29, 1.82) is 0 Å². The molecule has 3 heterocycles. The second kappa shape index (κ2) is 11.2. The van der Waals surface area contributed by atoms with Gasteiger partial charge in [0, 0.05) is 42.1 Å². The van der Waals surface area contributed by atoms with E-state index in [4.69, 9.17) is 15.0 Å². The standard InChI is InChI=1S/C43H36N4S/c1-4-5-22-39-33(30-19-11-14-23-38(30)48-39)25-40-44-41(27-15-7-6-8-16-27)46-42(45-40)47-36-21-13-10-18-29(36)32-24-31-28-17-9-12-20-34(28)43(2,3)35(31)26-37(32)47/h4-8,10-11,13-23,25-26,31H,9,12,24H2,1-3H3/b5-4-,33-25?,39-22+. The molecule has 6 aromatic rings. The van der Waals surface area contributed by atoms with Gasteiger partial charge >= 0.3 is 0 Å². The summed E-state index contributed by atoms with van der Waals surface area (Å²) in [6.45, 7) is 6.85. The van der Waals surface area contributed by atoms with Crippen molar-refractivity contribution in [1.82, 2.24) is 19.5 Å². The summed E-state index contributed by atoms with van der Waals surface area (Å²) in [5, 5.41) is 3.61. The Morgan fingerprint density at radius 2 is 1.62 bits per heavy atom. The minimum Gasteiger partial charge on any atom is -0.278 e. The summed E-state index contributed by atoms with van der Waals surface area (Å²) in [5.41, 5.74) is 9.20. The number of aromatic nitrogens is 4. The first-order valence-electron chi connectivity index (χ1n) is 16.9. The average Bonchev–Trinajstić information content (AvgIpc) is 3.72. The quantitative estimate of drug-likeness (QED) is 0.193. The highest BCUT2D eigenvalue weighted by Gasteiger charge is 2.47. The van der Waals surface area contributed by atoms with E-state index >= 15 is 0 Å². The lowest BCUT2D eigenvalue weighted by atomic mass is 9.77. The van der Waals surface area contributed by atoms with Crippen LogP contribution in [0.5, 0.6) is 0 Å². The Bertz CT molecular complexity index is 2520. The molecule has 48 heavy (non-hydrogen) atoms. The number of hydrogen-bond acceptors (Lipinski definition) is 4. The van der Waals surface area contributed by atoms with E-state index in [9.17, 15) is 0 Å². The molecule has 1 fully saturated rings. The van der Waals surface area contributed by atoms with Gasteiger partial charge in [0.15, 0.2) is 11.6 Å². The number of thiophene rings is 1. The fourth-order valence-corrected chi connectivity index (χ4v) is 9.19. The van der Waals surface area contributed by atoms with E-state index < -0.39 is 0 Å². The summed E-state index contributed by atoms with van der Waals surface area (Å²) < 4.78 is 4.72. The molecule has 9 rings (SSSR count). The molecule has 0 amide bonds. The van der Waals surface area contributed by atoms with Gasteiger partial charge in [0.1, 0.15) is 0 Å². The van der Waals surface area contributed by atoms with E-state index in [-0.39, 0.29) is 5.41 Å². The molecule has 3 aliphatic rings. The molecule has 3 aromatic heterocycles. The molecule has 1 atom stereocenters. The SMILES string of the molecule is C/C=C\C=c1\sc2ccccc2c1=Cc1nc(-c2ccccc2)nc(-n2c3c(c4ccccc42)CC2C4=CCCC=C4C(C)(C)C2=C3)n1. The minimum atomic E-state index is -0.0109. The van der Waals surface area contributed by atoms with Crippen molar-refractivity contribution >= 4 is 50.6 Å². The maximum atomic E-state index is 5.26. The summed E-state index contributed by atoms with van der Waals surface area (Å²) in [6.07, 6.45) is 19.2. The molecule has 0 saturated heterocycles. The van der Waals surface area contributed by atoms with E-state index in [0.29, 0.717) is 23.5 Å². The van der Waals surface area contributed by atoms with Crippen LogP contribution in [0.25, 0.3) is 56.6 Å². The van der Waals surface area contributed by atoms with E-state index in [1.807, 2.05) is 25.1 Å². The molecule has 0 radical (unpaired) electrons. The molecule has 5 heteroatoms. The fourth-order valence-electron chi connectivity index (χ4n) is 8.09. The van der Waals surface area contributed by atoms with E-state index in [2.05, 4.69) is 122 Å². The first kappa shape index (κ1) is 29.0. The Kier molecular flexibility index (Phi) is 6.80. The second-order valence-electron chi connectivity index (χ2n) is 13.4. The van der Waals surface area contributed by atoms with Crippen molar-refractivity contribution in [3.8, 4) is 17.3 Å². The van der Waals surface area contributed by atoms with Crippen LogP contribution in [0.1, 0.15) is 50.7 Å². The van der Waals surface area contributed by atoms with Crippen molar-refractivity contribution in [2.45, 2.75) is 40.0 Å². The van der Waals surface area contributed by atoms with E-state index in [1.54, 1.807) is 11.3 Å². The first-order valence-corrected chi connectivity index (χ1v) is 17.7. The van der Waals surface area contributed by atoms with Gasteiger partial charge in [-0.25, -0.2) is 4.98 Å². The molecule has 1 unspecified atom stereocenters. The van der Waals surface area contributed by atoms with E-state index in [1.165, 1.54) is 48.0 Å². The third kappa shape index (κ3) is 4.52. The van der Waals surface area contributed by atoms with Crippen LogP contribution >= 0.6 is 11.3 Å². The minimum absolute atomic E-state index is 0.0109. The van der Waals surface area contributed by atoms with Gasteiger partial charge in [0.05, 0.1) is 11.2 Å². The van der Waals surface area contributed by atoms with Crippen LogP contribution < -0.4 is 9.75 Å². The zero-order valence-corrected chi connectivity index (χ0v) is 28.3. The van der Waals surface area contributed by atoms with Crippen LogP contribution in [0.2, 0.25) is 0 Å². The normalized spacial score (nSPS) is 19.0. The van der Waals surface area contributed by atoms with Crippen LogP contribution in [0.3, 0.4) is 0 Å². The largest absolute Gasteiger partial charge is 0.278 e. The molecule has 3 aromatic carbocycles. The maximum Gasteiger partial charge on any atom is 0.238 e. The number of nitrogens with zero attached hydrogens (tertiary/aromatic N) is 4. The third-order valence-corrected chi connectivity index (χ3v) is 11.5. The predicted molar refractivity (Wildman–Crippen MR) is 200 cm³/mol. The molecular weight excluding hydrogens is 605 g/mol. The van der Waals surface area contributed by atoms with Gasteiger partial charge in [-0.05, 0) is 73.3 Å². The highest BCUT2D eigenvalue weighted by atomic mass is 32.1. The monoisotopic (exact) mass is 640 g/mol. The number of para-hydroxylation sites is 1. The van der Waals surface area contributed by atoms with Gasteiger partial charge in [-0.15, -0.1) is 11.3 Å². The summed E-state index contributed by atoms with van der Waals surface area (Å²) in [5.74, 6) is 2.38. The van der Waals surface area contributed by atoms with Crippen LogP contribution in [-0.4, -0.2) is 19.5 Å². The van der Waals surface area contributed by atoms with Gasteiger partial charge in [0.2, 0.25) is 5.95 Å². The number of benzene rings is 3. The lowest BCUT2D eigenvalue weighted by Crippen LogP contribution is -2.20. The summed E-state index contributed by atoms with van der Waals surface area (Å²) in [6, 6.07) is 27.6. The van der Waals surface area contributed by atoms with Crippen molar-refractivity contribution in [3.05, 3.63) is 147 Å². The molecule has 0 aliphatic heterocycles. The first-order chi connectivity index (χ1) is 23.5. The zero-order valence-electron chi connectivity index (χ0n) is 27.4. The maximum absolute atomic E-state index is 5.26. The van der Waals surface area contributed by atoms with Gasteiger partial charge in [-0.1, -0.05) is 110 Å². The van der Waals surface area contributed by atoms with Crippen molar-refractivity contribution in [2.75, 3.05) is 0 Å². The molecule has 1 saturated carbocycles. The summed E-state index contributed by atoms with van der Waals surface area (Å²) in [4.78, 5) is 15.6. The molecule has 0 spiro atoms. The Morgan fingerprint density at radius 3 is 2.48 bits per heavy atom. The molecule has 3 aliphatic carbocycles. The number of rotatable bonds is 4. The van der Waals surface area contributed by atoms with Crippen molar-refractivity contribution in [3.63, 3.8) is 0 Å². The average molecular weight is 641 g/mol. The third-order valence-electron chi connectivity index (χ3n) is 10.3. The van der Waals surface area contributed by atoms with Gasteiger partial charge in [-0.2, -0.15) is 9.97 Å². The topological polar surface area (TPSA) is 43.6 Å². The fraction of sp³-hybridized carbons (Fsp3) is 0.186. The lowest BCUT2D eigenvalue weighted by Gasteiger charge is -2.27. The highest BCUT2D eigenvalue weighted by Crippen LogP contribution is 2.58. The Hall–Kier alpha value is -5.13. The molecule has 0 bridgehead atoms. The van der Waals surface area contributed by atoms with Crippen LogP contribution in [-0.2, 0) is 6.42 Å². The van der Waals surface area contributed by atoms with Crippen LogP contribution in [0, 0.1) is 11.3 Å². The Labute approximate surface area is 284 Å². The van der Waals surface area contributed by atoms with Gasteiger partial charge < -0.3 is 0 Å². The van der Waals surface area contributed by atoms with Crippen LogP contribution in [0.4, 0.5) is 0 Å². The summed E-state index contributed by atoms with van der Waals surface area (Å²) in [7, 11) is 0. The number of hydrogen-bond donors (Lipinski definition) is 0. The van der Waals surface area contributed by atoms with Crippen LogP contribution in [0.15, 0.2) is 120 Å². The summed E-state index contributed by atoms with van der Waals surface area (Å²) >= 11 is 1.79. The smallest absolute Gasteiger partial charge is 0.238 e. The lowest BCUT2D eigenvalue weighted by molar-refractivity contribution is 0.544. The molecular formula is C43H36N4S.